The molecule has 5 heteroatoms. The van der Waals surface area contributed by atoms with Crippen LogP contribution >= 0.6 is 8.60 Å². The summed E-state index contributed by atoms with van der Waals surface area (Å²) in [6.07, 6.45) is 0.810. The zero-order valence-electron chi connectivity index (χ0n) is 4.66. The molecule has 4 nitrogen and oxygen atoms in total. The van der Waals surface area contributed by atoms with E-state index in [0.717, 1.165) is 6.42 Å². The summed E-state index contributed by atoms with van der Waals surface area (Å²) in [5.41, 5.74) is 0. The fourth-order valence-corrected chi connectivity index (χ4v) is 0.589. The second kappa shape index (κ2) is 5.41. The van der Waals surface area contributed by atoms with Crippen LogP contribution in [0.25, 0.3) is 0 Å². The molecular weight excluding hydrogens is 129 g/mol. The molecule has 2 N–H and O–H groups in total. The Balaban J connectivity index is 2.86. The van der Waals surface area contributed by atoms with Crippen LogP contribution in [0, 0.1) is 0 Å². The van der Waals surface area contributed by atoms with Gasteiger partial charge in [-0.25, -0.2) is 10.5 Å². The van der Waals surface area contributed by atoms with E-state index in [0.29, 0.717) is 6.61 Å². The van der Waals surface area contributed by atoms with Crippen LogP contribution in [-0.2, 0) is 14.0 Å². The van der Waals surface area contributed by atoms with Gasteiger partial charge in [-0.3, -0.25) is 0 Å². The van der Waals surface area contributed by atoms with Gasteiger partial charge in [0.05, 0.1) is 6.61 Å². The summed E-state index contributed by atoms with van der Waals surface area (Å²) in [7, 11) is -2.06. The third-order valence-corrected chi connectivity index (χ3v) is 1.05. The minimum absolute atomic E-state index is 0.423. The smallest absolute Gasteiger partial charge is 0.310 e. The van der Waals surface area contributed by atoms with E-state index in [9.17, 15) is 4.89 Å². The molecule has 0 amide bonds. The Labute approximate surface area is 49.5 Å². The second-order valence-electron chi connectivity index (χ2n) is 1.16. The van der Waals surface area contributed by atoms with Gasteiger partial charge in [0, 0.05) is 0 Å². The van der Waals surface area contributed by atoms with Gasteiger partial charge in [0.1, 0.15) is 0 Å². The first-order chi connectivity index (χ1) is 3.81. The lowest BCUT2D eigenvalue weighted by molar-refractivity contribution is 0.181. The highest BCUT2D eigenvalue weighted by Gasteiger charge is 2.03. The van der Waals surface area contributed by atoms with E-state index >= 15 is 0 Å². The average molecular weight is 138 g/mol. The molecule has 0 spiro atoms. The zero-order chi connectivity index (χ0) is 6.41. The normalized spacial score (nSPS) is 13.9. The lowest BCUT2D eigenvalue weighted by Crippen LogP contribution is -1.95. The Morgan fingerprint density at radius 3 is 2.75 bits per heavy atom. The molecule has 0 saturated heterocycles. The van der Waals surface area contributed by atoms with Crippen LogP contribution in [0.15, 0.2) is 0 Å². The maximum atomic E-state index is 10.1. The molecule has 1 unspecified atom stereocenters. The first-order valence-electron chi connectivity index (χ1n) is 2.28. The van der Waals surface area contributed by atoms with E-state index in [1.54, 1.807) is 0 Å². The van der Waals surface area contributed by atoms with Crippen molar-refractivity contribution in [3.8, 4) is 0 Å². The molecule has 1 atom stereocenters. The van der Waals surface area contributed by atoms with Crippen molar-refractivity contribution in [2.45, 2.75) is 13.3 Å². The summed E-state index contributed by atoms with van der Waals surface area (Å²) >= 11 is 0. The molecule has 49 valence electrons. The molecule has 0 heterocycles. The van der Waals surface area contributed by atoms with Crippen molar-refractivity contribution in [3.05, 3.63) is 0 Å². The summed E-state index contributed by atoms with van der Waals surface area (Å²) in [6.45, 7) is 2.33. The minimum Gasteiger partial charge on any atom is -0.310 e. The van der Waals surface area contributed by atoms with E-state index in [1.165, 1.54) is 0 Å². The highest BCUT2D eigenvalue weighted by Crippen LogP contribution is 2.30. The van der Waals surface area contributed by atoms with Crippen LogP contribution in [0.2, 0.25) is 0 Å². The van der Waals surface area contributed by atoms with Gasteiger partial charge in [-0.05, 0) is 6.42 Å². The van der Waals surface area contributed by atoms with Crippen molar-refractivity contribution in [2.24, 2.45) is 5.90 Å². The minimum atomic E-state index is -2.06. The maximum Gasteiger partial charge on any atom is 0.380 e. The van der Waals surface area contributed by atoms with Crippen molar-refractivity contribution in [2.75, 3.05) is 6.61 Å². The predicted molar refractivity (Wildman–Crippen MR) is 29.1 cm³/mol. The molecule has 0 aromatic rings. The molecule has 0 fully saturated rings. The topological polar surface area (TPSA) is 64.4 Å². The highest BCUT2D eigenvalue weighted by molar-refractivity contribution is 7.40. The molecule has 0 rings (SSSR count). The molecule has 0 aromatic carbocycles. The Hall–Kier alpha value is 0.270. The van der Waals surface area contributed by atoms with Crippen molar-refractivity contribution in [3.63, 3.8) is 0 Å². The van der Waals surface area contributed by atoms with Gasteiger partial charge in [-0.1, -0.05) is 6.92 Å². The predicted octanol–water partition coefficient (Wildman–Crippen LogP) is 0.961. The first kappa shape index (κ1) is 8.27. The van der Waals surface area contributed by atoms with Crippen LogP contribution < -0.4 is 5.90 Å². The van der Waals surface area contributed by atoms with Crippen molar-refractivity contribution < 1.29 is 14.0 Å². The quantitative estimate of drug-likeness (QED) is 0.464. The van der Waals surface area contributed by atoms with Crippen molar-refractivity contribution in [1.82, 2.24) is 0 Å². The lowest BCUT2D eigenvalue weighted by Gasteiger charge is -2.00. The van der Waals surface area contributed by atoms with Gasteiger partial charge < -0.3 is 4.52 Å². The molecule has 0 aliphatic rings. The molecular formula is C3H9NO3P. The molecule has 0 saturated carbocycles. The van der Waals surface area contributed by atoms with Gasteiger partial charge >= 0.3 is 8.60 Å². The van der Waals surface area contributed by atoms with Gasteiger partial charge in [-0.15, -0.1) is 4.89 Å². The lowest BCUT2D eigenvalue weighted by atomic mass is 10.5. The summed E-state index contributed by atoms with van der Waals surface area (Å²) in [5.74, 6) is 4.50. The third-order valence-electron chi connectivity index (χ3n) is 0.487. The Morgan fingerprint density at radius 2 is 2.38 bits per heavy atom. The summed E-state index contributed by atoms with van der Waals surface area (Å²) < 4.78 is 8.34. The van der Waals surface area contributed by atoms with Gasteiger partial charge in [0.15, 0.2) is 0 Å². The fraction of sp³-hybridized carbons (Fsp3) is 1.00. The van der Waals surface area contributed by atoms with Crippen molar-refractivity contribution >= 4 is 8.60 Å². The monoisotopic (exact) mass is 138 g/mol. The van der Waals surface area contributed by atoms with Gasteiger partial charge in [0.25, 0.3) is 0 Å². The number of hydrogen-bond acceptors (Lipinski definition) is 3. The van der Waals surface area contributed by atoms with E-state index in [2.05, 4.69) is 15.0 Å². The number of rotatable bonds is 4. The highest BCUT2D eigenvalue weighted by atomic mass is 31.2. The SMILES string of the molecule is CCCOP([O])ON. The Morgan fingerprint density at radius 1 is 1.75 bits per heavy atom. The number of hydrogen-bond donors (Lipinski definition) is 1. The van der Waals surface area contributed by atoms with E-state index in [-0.39, 0.29) is 0 Å². The van der Waals surface area contributed by atoms with E-state index in [1.807, 2.05) is 6.92 Å². The average Bonchev–Trinajstić information content (AvgIpc) is 1.83. The molecule has 1 radical (unpaired) electrons. The second-order valence-corrected chi connectivity index (χ2v) is 2.08. The van der Waals surface area contributed by atoms with Crippen LogP contribution in [0.3, 0.4) is 0 Å². The zero-order valence-corrected chi connectivity index (χ0v) is 5.56. The van der Waals surface area contributed by atoms with Gasteiger partial charge in [-0.2, -0.15) is 0 Å². The van der Waals surface area contributed by atoms with Crippen molar-refractivity contribution in [1.29, 1.82) is 0 Å². The molecule has 0 aliphatic heterocycles. The van der Waals surface area contributed by atoms with Crippen LogP contribution in [0.1, 0.15) is 13.3 Å². The maximum absolute atomic E-state index is 10.1. The molecule has 0 aromatic heterocycles. The molecule has 8 heavy (non-hydrogen) atoms. The van der Waals surface area contributed by atoms with Crippen LogP contribution in [0.5, 0.6) is 0 Å². The third kappa shape index (κ3) is 4.43. The summed E-state index contributed by atoms with van der Waals surface area (Å²) in [6, 6.07) is 0. The first-order valence-corrected chi connectivity index (χ1v) is 3.37. The van der Waals surface area contributed by atoms with Crippen LogP contribution in [-0.4, -0.2) is 6.61 Å². The summed E-state index contributed by atoms with van der Waals surface area (Å²) in [5, 5.41) is 0. The molecule has 0 aliphatic carbocycles. The Bertz CT molecular complexity index is 53.8. The Kier molecular flexibility index (Phi) is 5.59. The van der Waals surface area contributed by atoms with E-state index < -0.39 is 8.60 Å². The molecule has 0 bridgehead atoms. The van der Waals surface area contributed by atoms with Gasteiger partial charge in [0.2, 0.25) is 0 Å². The number of nitrogens with two attached hydrogens (primary N) is 1. The fourth-order valence-electron chi connectivity index (χ4n) is 0.196. The van der Waals surface area contributed by atoms with E-state index in [4.69, 9.17) is 0 Å². The largest absolute Gasteiger partial charge is 0.380 e. The standard InChI is InChI=1S/C3H9NO3P/c1-2-3-6-8(5)7-4/h2-4H2,1H3. The summed E-state index contributed by atoms with van der Waals surface area (Å²) in [4.78, 5) is 10.1. The van der Waals surface area contributed by atoms with Crippen LogP contribution in [0.4, 0.5) is 0 Å².